The van der Waals surface area contributed by atoms with Crippen molar-refractivity contribution in [1.82, 2.24) is 0 Å². The summed E-state index contributed by atoms with van der Waals surface area (Å²) < 4.78 is 28.7. The fourth-order valence-electron chi connectivity index (χ4n) is 5.79. The number of Topliss-reactive ketones (excluding diaryl/α,β-unsaturated/α-hetero) is 1. The lowest BCUT2D eigenvalue weighted by Gasteiger charge is -2.29. The minimum atomic E-state index is -0.723. The summed E-state index contributed by atoms with van der Waals surface area (Å²) in [4.78, 5) is 38.1. The summed E-state index contributed by atoms with van der Waals surface area (Å²) in [5.41, 5.74) is 2.89. The molecule has 1 N–H and O–H groups in total. The molecule has 0 saturated heterocycles. The van der Waals surface area contributed by atoms with E-state index in [1.165, 1.54) is 25.7 Å². The van der Waals surface area contributed by atoms with Gasteiger partial charge >= 0.3 is 11.6 Å². The predicted octanol–water partition coefficient (Wildman–Crippen LogP) is 5.02. The molecule has 0 radical (unpaired) electrons. The van der Waals surface area contributed by atoms with Gasteiger partial charge in [0.1, 0.15) is 22.6 Å². The van der Waals surface area contributed by atoms with E-state index in [4.69, 9.17) is 23.4 Å². The average Bonchev–Trinajstić information content (AvgIpc) is 3.40. The van der Waals surface area contributed by atoms with E-state index >= 15 is 0 Å². The summed E-state index contributed by atoms with van der Waals surface area (Å²) in [5.74, 6) is -0.554. The molecule has 9 heteroatoms. The van der Waals surface area contributed by atoms with E-state index in [1.807, 2.05) is 12.1 Å². The maximum atomic E-state index is 12.9. The lowest BCUT2D eigenvalue weighted by Crippen LogP contribution is -2.24. The number of ketones is 1. The van der Waals surface area contributed by atoms with E-state index in [1.54, 1.807) is 25.1 Å². The van der Waals surface area contributed by atoms with Crippen LogP contribution in [0.15, 0.2) is 51.7 Å². The van der Waals surface area contributed by atoms with Gasteiger partial charge in [-0.05, 0) is 42.7 Å². The zero-order chi connectivity index (χ0) is 28.8. The Morgan fingerprint density at radius 3 is 2.76 bits per heavy atom. The number of hydrogen-bond donors (Lipinski definition) is 1. The number of carbonyl (C=O) groups is 2. The van der Waals surface area contributed by atoms with Crippen molar-refractivity contribution in [3.05, 3.63) is 86.3 Å². The molecular weight excluding hydrogens is 528 g/mol. The number of rotatable bonds is 7. The van der Waals surface area contributed by atoms with Gasteiger partial charge in [-0.3, -0.25) is 9.59 Å². The second kappa shape index (κ2) is 10.3. The minimum Gasteiger partial charge on any atom is -0.506 e. The summed E-state index contributed by atoms with van der Waals surface area (Å²) >= 11 is 0. The van der Waals surface area contributed by atoms with E-state index in [9.17, 15) is 19.5 Å². The molecule has 0 fully saturated rings. The number of phenols is 1. The maximum absolute atomic E-state index is 12.9. The lowest BCUT2D eigenvalue weighted by atomic mass is 9.82. The summed E-state index contributed by atoms with van der Waals surface area (Å²) in [7, 11) is 1.53. The highest BCUT2D eigenvalue weighted by atomic mass is 16.5. The number of aromatic hydroxyl groups is 1. The number of hydrogen-bond acceptors (Lipinski definition) is 9. The van der Waals surface area contributed by atoms with Gasteiger partial charge < -0.3 is 28.5 Å². The first kappa shape index (κ1) is 26.4. The van der Waals surface area contributed by atoms with Crippen molar-refractivity contribution in [1.29, 1.82) is 0 Å². The van der Waals surface area contributed by atoms with Crippen LogP contribution in [0.3, 0.4) is 0 Å². The quantitative estimate of drug-likeness (QED) is 0.145. The zero-order valence-corrected chi connectivity index (χ0v) is 22.9. The molecule has 0 bridgehead atoms. The Bertz CT molecular complexity index is 1780. The molecule has 1 atom stereocenters. The molecule has 9 nitrogen and oxygen atoms in total. The molecule has 3 aromatic carbocycles. The molecule has 0 saturated carbocycles. The van der Waals surface area contributed by atoms with Gasteiger partial charge in [0, 0.05) is 36.0 Å². The van der Waals surface area contributed by atoms with Crippen molar-refractivity contribution in [2.45, 2.75) is 39.0 Å². The molecule has 2 aliphatic heterocycles. The van der Waals surface area contributed by atoms with Crippen LogP contribution >= 0.6 is 0 Å². The number of aryl methyl sites for hydroxylation is 1. The van der Waals surface area contributed by atoms with Gasteiger partial charge in [0.25, 0.3) is 0 Å². The number of fused-ring (bicyclic) bond motifs is 4. The van der Waals surface area contributed by atoms with Crippen molar-refractivity contribution >= 4 is 22.7 Å². The molecule has 4 aromatic rings. The number of esters is 1. The third kappa shape index (κ3) is 4.57. The Labute approximate surface area is 235 Å². The first-order valence-electron chi connectivity index (χ1n) is 13.4. The van der Waals surface area contributed by atoms with E-state index in [2.05, 4.69) is 6.07 Å². The van der Waals surface area contributed by atoms with Gasteiger partial charge in [0.2, 0.25) is 0 Å². The van der Waals surface area contributed by atoms with E-state index in [-0.39, 0.29) is 28.7 Å². The number of para-hydroxylation sites is 1. The Balaban J connectivity index is 1.47. The van der Waals surface area contributed by atoms with Gasteiger partial charge in [-0.25, -0.2) is 4.79 Å². The Kier molecular flexibility index (Phi) is 6.65. The van der Waals surface area contributed by atoms with E-state index in [0.717, 1.165) is 17.7 Å². The molecule has 0 amide bonds. The molecule has 0 spiro atoms. The summed E-state index contributed by atoms with van der Waals surface area (Å²) in [6, 6.07) is 12.7. The fraction of sp³-hybridized carbons (Fsp3) is 0.281. The van der Waals surface area contributed by atoms with Crippen molar-refractivity contribution in [3.63, 3.8) is 0 Å². The first-order chi connectivity index (χ1) is 19.8. The third-order valence-electron chi connectivity index (χ3n) is 7.63. The second-order valence-corrected chi connectivity index (χ2v) is 10.2. The Morgan fingerprint density at radius 2 is 1.98 bits per heavy atom. The standard InChI is InChI=1S/C32H28O9/c1-16-13-24(34)40-31-26(16)29(36)27(17(2)33)32-28(31)21(15-25(35)41-32)20-5-4-6-23(37-3)30(20)39-11-9-18-7-8-22-19(14-18)10-12-38-22/h4-8,13-14,21,36H,9-12,15H2,1-3H3. The van der Waals surface area contributed by atoms with Crippen LogP contribution in [0.5, 0.6) is 28.7 Å². The summed E-state index contributed by atoms with van der Waals surface area (Å²) in [6.45, 7) is 3.92. The first-order valence-corrected chi connectivity index (χ1v) is 13.4. The maximum Gasteiger partial charge on any atom is 0.336 e. The number of benzene rings is 3. The normalized spacial score (nSPS) is 15.6. The SMILES string of the molecule is COc1cccc(C2CC(=O)Oc3c(C(C)=O)c(O)c4c(C)cc(=O)oc4c32)c1OCCc1ccc2c(c1)CCO2. The van der Waals surface area contributed by atoms with Crippen LogP contribution in [0.4, 0.5) is 0 Å². The number of carbonyl (C=O) groups excluding carboxylic acids is 2. The minimum absolute atomic E-state index is 0.0547. The molecular formula is C32H28O9. The van der Waals surface area contributed by atoms with Crippen molar-refractivity contribution < 1.29 is 38.1 Å². The topological polar surface area (TPSA) is 122 Å². The third-order valence-corrected chi connectivity index (χ3v) is 7.63. The van der Waals surface area contributed by atoms with Gasteiger partial charge in [-0.1, -0.05) is 24.3 Å². The molecule has 2 aliphatic rings. The number of phenolic OH excluding ortho intramolecular Hbond substituents is 1. The molecule has 6 rings (SSSR count). The van der Waals surface area contributed by atoms with Gasteiger partial charge in [0.05, 0.1) is 32.1 Å². The van der Waals surface area contributed by atoms with Crippen molar-refractivity contribution in [2.75, 3.05) is 20.3 Å². The molecule has 1 unspecified atom stereocenters. The largest absolute Gasteiger partial charge is 0.506 e. The monoisotopic (exact) mass is 556 g/mol. The Morgan fingerprint density at radius 1 is 1.15 bits per heavy atom. The van der Waals surface area contributed by atoms with E-state index < -0.39 is 29.0 Å². The smallest absolute Gasteiger partial charge is 0.336 e. The summed E-state index contributed by atoms with van der Waals surface area (Å²) in [5, 5.41) is 11.3. The lowest BCUT2D eigenvalue weighted by molar-refractivity contribution is -0.135. The predicted molar refractivity (Wildman–Crippen MR) is 149 cm³/mol. The van der Waals surface area contributed by atoms with Crippen LogP contribution < -0.4 is 24.6 Å². The fourth-order valence-corrected chi connectivity index (χ4v) is 5.79. The van der Waals surface area contributed by atoms with Crippen molar-refractivity contribution in [3.8, 4) is 28.7 Å². The molecule has 1 aromatic heterocycles. The highest BCUT2D eigenvalue weighted by Gasteiger charge is 2.39. The zero-order valence-electron chi connectivity index (χ0n) is 22.9. The summed E-state index contributed by atoms with van der Waals surface area (Å²) in [6.07, 6.45) is 1.38. The molecule has 0 aliphatic carbocycles. The highest BCUT2D eigenvalue weighted by molar-refractivity contribution is 6.09. The van der Waals surface area contributed by atoms with Crippen LogP contribution in [0.1, 0.15) is 57.4 Å². The van der Waals surface area contributed by atoms with Gasteiger partial charge in [-0.2, -0.15) is 0 Å². The number of ether oxygens (including phenoxy) is 4. The van der Waals surface area contributed by atoms with Crippen LogP contribution in [0.25, 0.3) is 11.0 Å². The van der Waals surface area contributed by atoms with Crippen molar-refractivity contribution in [2.24, 2.45) is 0 Å². The van der Waals surface area contributed by atoms with Gasteiger partial charge in [-0.15, -0.1) is 0 Å². The average molecular weight is 557 g/mol. The molecule has 3 heterocycles. The Hall–Kier alpha value is -4.79. The highest BCUT2D eigenvalue weighted by Crippen LogP contribution is 2.52. The van der Waals surface area contributed by atoms with Gasteiger partial charge in [0.15, 0.2) is 23.0 Å². The van der Waals surface area contributed by atoms with Crippen LogP contribution in [0, 0.1) is 6.92 Å². The van der Waals surface area contributed by atoms with Crippen LogP contribution in [-0.2, 0) is 17.6 Å². The molecule has 41 heavy (non-hydrogen) atoms. The molecule has 210 valence electrons. The number of methoxy groups -OCH3 is 1. The van der Waals surface area contributed by atoms with Crippen LogP contribution in [0.2, 0.25) is 0 Å². The van der Waals surface area contributed by atoms with Crippen LogP contribution in [-0.4, -0.2) is 37.2 Å². The second-order valence-electron chi connectivity index (χ2n) is 10.2. The van der Waals surface area contributed by atoms with E-state index in [0.29, 0.717) is 47.8 Å².